The summed E-state index contributed by atoms with van der Waals surface area (Å²) >= 11 is 0. The molecular formula is C18H29ClN2O2. The van der Waals surface area contributed by atoms with Crippen LogP contribution in [-0.4, -0.2) is 32.2 Å². The Morgan fingerprint density at radius 2 is 2.09 bits per heavy atom. The lowest BCUT2D eigenvalue weighted by Gasteiger charge is -2.30. The zero-order valence-electron chi connectivity index (χ0n) is 14.1. The van der Waals surface area contributed by atoms with E-state index in [2.05, 4.69) is 36.5 Å². The first kappa shape index (κ1) is 19.9. The molecule has 1 amide bonds. The Kier molecular flexibility index (Phi) is 8.03. The van der Waals surface area contributed by atoms with Crippen LogP contribution in [0.1, 0.15) is 43.2 Å². The van der Waals surface area contributed by atoms with Gasteiger partial charge in [-0.25, -0.2) is 0 Å². The zero-order valence-corrected chi connectivity index (χ0v) is 15.0. The van der Waals surface area contributed by atoms with Gasteiger partial charge in [0.25, 0.3) is 0 Å². The van der Waals surface area contributed by atoms with Crippen LogP contribution < -0.4 is 11.1 Å². The van der Waals surface area contributed by atoms with Crippen molar-refractivity contribution >= 4 is 18.3 Å². The van der Waals surface area contributed by atoms with Gasteiger partial charge in [-0.15, -0.1) is 12.4 Å². The number of methoxy groups -OCH3 is 1. The monoisotopic (exact) mass is 340 g/mol. The number of carbonyl (C=O) groups excluding carboxylic acids is 1. The number of ether oxygens (including phenoxy) is 1. The molecule has 130 valence electrons. The maximum absolute atomic E-state index is 12.1. The molecule has 0 heterocycles. The minimum atomic E-state index is -0.196. The molecule has 0 bridgehead atoms. The van der Waals surface area contributed by atoms with E-state index in [9.17, 15) is 4.79 Å². The van der Waals surface area contributed by atoms with Crippen molar-refractivity contribution in [3.63, 3.8) is 0 Å². The second-order valence-corrected chi connectivity index (χ2v) is 6.43. The summed E-state index contributed by atoms with van der Waals surface area (Å²) in [6, 6.07) is 8.69. The van der Waals surface area contributed by atoms with Crippen LogP contribution in [0.3, 0.4) is 0 Å². The second-order valence-electron chi connectivity index (χ2n) is 6.43. The number of carbonyl (C=O) groups is 1. The summed E-state index contributed by atoms with van der Waals surface area (Å²) in [6.45, 7) is 3.19. The normalized spacial score (nSPS) is 17.3. The molecule has 1 aromatic carbocycles. The van der Waals surface area contributed by atoms with Crippen molar-refractivity contribution in [2.24, 2.45) is 5.73 Å². The zero-order chi connectivity index (χ0) is 16.0. The van der Waals surface area contributed by atoms with Crippen LogP contribution in [-0.2, 0) is 14.9 Å². The quantitative estimate of drug-likeness (QED) is 0.802. The Hall–Kier alpha value is -1.10. The SMILES string of the molecule is COC(CN)CC(=O)NCC1(c2cccc(C)c2)CCCC1.Cl. The molecule has 0 aromatic heterocycles. The predicted octanol–water partition coefficient (Wildman–Crippen LogP) is 2.71. The minimum Gasteiger partial charge on any atom is -0.380 e. The molecular weight excluding hydrogens is 312 g/mol. The first-order valence-electron chi connectivity index (χ1n) is 8.16. The number of rotatable bonds is 7. The molecule has 1 saturated carbocycles. The van der Waals surface area contributed by atoms with Crippen molar-refractivity contribution in [2.75, 3.05) is 20.2 Å². The maximum atomic E-state index is 12.1. The summed E-state index contributed by atoms with van der Waals surface area (Å²) in [4.78, 5) is 12.1. The van der Waals surface area contributed by atoms with Crippen molar-refractivity contribution < 1.29 is 9.53 Å². The fourth-order valence-electron chi connectivity index (χ4n) is 3.40. The Morgan fingerprint density at radius 3 is 2.65 bits per heavy atom. The minimum absolute atomic E-state index is 0. The Labute approximate surface area is 145 Å². The number of amides is 1. The average molecular weight is 341 g/mol. The summed E-state index contributed by atoms with van der Waals surface area (Å²) < 4.78 is 5.18. The van der Waals surface area contributed by atoms with Crippen LogP contribution in [0, 0.1) is 6.92 Å². The number of hydrogen-bond donors (Lipinski definition) is 2. The van der Waals surface area contributed by atoms with E-state index < -0.39 is 0 Å². The highest BCUT2D eigenvalue weighted by molar-refractivity contribution is 5.85. The van der Waals surface area contributed by atoms with E-state index in [0.29, 0.717) is 19.5 Å². The Morgan fingerprint density at radius 1 is 1.39 bits per heavy atom. The van der Waals surface area contributed by atoms with Crippen LogP contribution >= 0.6 is 12.4 Å². The molecule has 1 aliphatic rings. The molecule has 23 heavy (non-hydrogen) atoms. The van der Waals surface area contributed by atoms with E-state index in [-0.39, 0.29) is 29.8 Å². The van der Waals surface area contributed by atoms with E-state index >= 15 is 0 Å². The van der Waals surface area contributed by atoms with Gasteiger partial charge in [0, 0.05) is 25.6 Å². The van der Waals surface area contributed by atoms with Gasteiger partial charge in [0.1, 0.15) is 0 Å². The molecule has 0 saturated heterocycles. The number of nitrogens with two attached hydrogens (primary N) is 1. The highest BCUT2D eigenvalue weighted by atomic mass is 35.5. The van der Waals surface area contributed by atoms with E-state index in [1.54, 1.807) is 7.11 Å². The first-order chi connectivity index (χ1) is 10.6. The lowest BCUT2D eigenvalue weighted by Crippen LogP contribution is -2.41. The van der Waals surface area contributed by atoms with E-state index in [1.807, 2.05) is 0 Å². The third kappa shape index (κ3) is 5.20. The molecule has 4 nitrogen and oxygen atoms in total. The smallest absolute Gasteiger partial charge is 0.222 e. The van der Waals surface area contributed by atoms with E-state index in [1.165, 1.54) is 24.0 Å². The number of benzene rings is 1. The average Bonchev–Trinajstić information content (AvgIpc) is 3.01. The molecule has 5 heteroatoms. The number of nitrogens with one attached hydrogen (secondary N) is 1. The van der Waals surface area contributed by atoms with Gasteiger partial charge in [-0.2, -0.15) is 0 Å². The largest absolute Gasteiger partial charge is 0.380 e. The highest BCUT2D eigenvalue weighted by Gasteiger charge is 2.36. The molecule has 0 aliphatic heterocycles. The number of halogens is 1. The topological polar surface area (TPSA) is 64.3 Å². The molecule has 1 atom stereocenters. The summed E-state index contributed by atoms with van der Waals surface area (Å²) in [5.41, 5.74) is 8.30. The Balaban J connectivity index is 0.00000264. The first-order valence-corrected chi connectivity index (χ1v) is 8.16. The summed E-state index contributed by atoms with van der Waals surface area (Å²) in [5.74, 6) is 0.0243. The summed E-state index contributed by atoms with van der Waals surface area (Å²) in [6.07, 6.45) is 4.87. The van der Waals surface area contributed by atoms with Crippen molar-refractivity contribution in [2.45, 2.75) is 50.5 Å². The molecule has 2 rings (SSSR count). The third-order valence-electron chi connectivity index (χ3n) is 4.82. The lowest BCUT2D eigenvalue weighted by molar-refractivity contribution is -0.123. The predicted molar refractivity (Wildman–Crippen MR) is 96.1 cm³/mol. The highest BCUT2D eigenvalue weighted by Crippen LogP contribution is 2.40. The van der Waals surface area contributed by atoms with Crippen LogP contribution in [0.15, 0.2) is 24.3 Å². The standard InChI is InChI=1S/C18H28N2O2.ClH/c1-14-6-5-7-15(10-14)18(8-3-4-9-18)13-20-17(21)11-16(12-19)22-2;/h5-7,10,16H,3-4,8-9,11-13,19H2,1-2H3,(H,20,21);1H. The second kappa shape index (κ2) is 9.26. The van der Waals surface area contributed by atoms with Crippen molar-refractivity contribution in [1.29, 1.82) is 0 Å². The Bertz CT molecular complexity index is 498. The molecule has 1 aromatic rings. The van der Waals surface area contributed by atoms with Crippen LogP contribution in [0.2, 0.25) is 0 Å². The van der Waals surface area contributed by atoms with Gasteiger partial charge in [-0.05, 0) is 25.3 Å². The van der Waals surface area contributed by atoms with Crippen molar-refractivity contribution in [3.8, 4) is 0 Å². The van der Waals surface area contributed by atoms with Gasteiger partial charge >= 0.3 is 0 Å². The third-order valence-corrected chi connectivity index (χ3v) is 4.82. The molecule has 1 unspecified atom stereocenters. The van der Waals surface area contributed by atoms with Crippen molar-refractivity contribution in [3.05, 3.63) is 35.4 Å². The van der Waals surface area contributed by atoms with Crippen molar-refractivity contribution in [1.82, 2.24) is 5.32 Å². The molecule has 0 spiro atoms. The molecule has 1 fully saturated rings. The van der Waals surface area contributed by atoms with Gasteiger partial charge in [0.2, 0.25) is 5.91 Å². The molecule has 3 N–H and O–H groups in total. The van der Waals surface area contributed by atoms with Crippen LogP contribution in [0.5, 0.6) is 0 Å². The molecule has 1 aliphatic carbocycles. The maximum Gasteiger partial charge on any atom is 0.222 e. The summed E-state index contributed by atoms with van der Waals surface area (Å²) in [7, 11) is 1.59. The van der Waals surface area contributed by atoms with E-state index in [4.69, 9.17) is 10.5 Å². The van der Waals surface area contributed by atoms with Gasteiger partial charge in [0.05, 0.1) is 12.5 Å². The fraction of sp³-hybridized carbons (Fsp3) is 0.611. The van der Waals surface area contributed by atoms with Gasteiger partial charge in [-0.3, -0.25) is 4.79 Å². The fourth-order valence-corrected chi connectivity index (χ4v) is 3.40. The van der Waals surface area contributed by atoms with Gasteiger partial charge in [0.15, 0.2) is 0 Å². The van der Waals surface area contributed by atoms with E-state index in [0.717, 1.165) is 12.8 Å². The van der Waals surface area contributed by atoms with Crippen LogP contribution in [0.4, 0.5) is 0 Å². The lowest BCUT2D eigenvalue weighted by atomic mass is 9.78. The number of hydrogen-bond acceptors (Lipinski definition) is 3. The van der Waals surface area contributed by atoms with Gasteiger partial charge in [-0.1, -0.05) is 42.7 Å². The summed E-state index contributed by atoms with van der Waals surface area (Å²) in [5, 5.41) is 3.11. The number of aryl methyl sites for hydroxylation is 1. The molecule has 0 radical (unpaired) electrons. The van der Waals surface area contributed by atoms with Gasteiger partial charge < -0.3 is 15.8 Å². The van der Waals surface area contributed by atoms with Crippen LogP contribution in [0.25, 0.3) is 0 Å².